The highest BCUT2D eigenvalue weighted by atomic mass is 19.1. The second-order valence-corrected chi connectivity index (χ2v) is 2.49. The molecule has 1 atom stereocenters. The number of nitrogens with zero attached hydrogens (tertiary/aromatic N) is 1. The number of morpholine rings is 1. The number of ether oxygens (including phenoxy) is 1. The van der Waals surface area contributed by atoms with Gasteiger partial charge in [-0.25, -0.2) is 4.39 Å². The molecule has 1 saturated heterocycles. The van der Waals surface area contributed by atoms with Crippen LogP contribution in [0.1, 0.15) is 13.3 Å². The first-order chi connectivity index (χ1) is 4.84. The van der Waals surface area contributed by atoms with Crippen molar-refractivity contribution < 1.29 is 9.13 Å². The third-order valence-corrected chi connectivity index (χ3v) is 1.78. The summed E-state index contributed by atoms with van der Waals surface area (Å²) < 4.78 is 18.0. The average molecular weight is 147 g/mol. The maximum Gasteiger partial charge on any atom is 0.153 e. The number of hydrogen-bond donors (Lipinski definition) is 0. The summed E-state index contributed by atoms with van der Waals surface area (Å²) in [5, 5.41) is 0. The van der Waals surface area contributed by atoms with Gasteiger partial charge in [-0.05, 0) is 6.42 Å². The molecule has 0 saturated carbocycles. The fourth-order valence-corrected chi connectivity index (χ4v) is 1.12. The van der Waals surface area contributed by atoms with Gasteiger partial charge >= 0.3 is 0 Å². The Hall–Kier alpha value is -0.150. The lowest BCUT2D eigenvalue weighted by Crippen LogP contribution is -2.41. The molecule has 0 spiro atoms. The quantitative estimate of drug-likeness (QED) is 0.541. The molecular weight excluding hydrogens is 133 g/mol. The molecule has 1 fully saturated rings. The lowest BCUT2D eigenvalue weighted by molar-refractivity contribution is -0.0215. The van der Waals surface area contributed by atoms with E-state index >= 15 is 0 Å². The van der Waals surface area contributed by atoms with E-state index in [-0.39, 0.29) is 0 Å². The second-order valence-electron chi connectivity index (χ2n) is 2.49. The Kier molecular flexibility index (Phi) is 3.09. The van der Waals surface area contributed by atoms with Crippen LogP contribution in [0.3, 0.4) is 0 Å². The van der Waals surface area contributed by atoms with Crippen molar-refractivity contribution >= 4 is 0 Å². The molecule has 0 radical (unpaired) electrons. The molecule has 0 amide bonds. The van der Waals surface area contributed by atoms with Crippen LogP contribution in [0.5, 0.6) is 0 Å². The van der Waals surface area contributed by atoms with Gasteiger partial charge in [0.25, 0.3) is 0 Å². The number of rotatable bonds is 2. The summed E-state index contributed by atoms with van der Waals surface area (Å²) in [5.74, 6) is 0. The molecule has 0 aromatic carbocycles. The van der Waals surface area contributed by atoms with Gasteiger partial charge in [-0.3, -0.25) is 4.90 Å². The summed E-state index contributed by atoms with van der Waals surface area (Å²) in [5.41, 5.74) is 0. The van der Waals surface area contributed by atoms with Crippen LogP contribution in [0.25, 0.3) is 0 Å². The van der Waals surface area contributed by atoms with Crippen LogP contribution >= 0.6 is 0 Å². The van der Waals surface area contributed by atoms with Gasteiger partial charge in [0.2, 0.25) is 0 Å². The van der Waals surface area contributed by atoms with Gasteiger partial charge in [-0.1, -0.05) is 6.92 Å². The summed E-state index contributed by atoms with van der Waals surface area (Å²) in [7, 11) is 0. The Balaban J connectivity index is 2.24. The van der Waals surface area contributed by atoms with E-state index in [9.17, 15) is 4.39 Å². The smallest absolute Gasteiger partial charge is 0.153 e. The molecule has 3 heteroatoms. The largest absolute Gasteiger partial charge is 0.379 e. The molecule has 1 aliphatic heterocycles. The van der Waals surface area contributed by atoms with Gasteiger partial charge in [0.1, 0.15) is 0 Å². The van der Waals surface area contributed by atoms with Crippen LogP contribution in [0, 0.1) is 0 Å². The van der Waals surface area contributed by atoms with Gasteiger partial charge < -0.3 is 4.74 Å². The Morgan fingerprint density at radius 1 is 1.50 bits per heavy atom. The third kappa shape index (κ3) is 1.92. The van der Waals surface area contributed by atoms with Crippen molar-refractivity contribution in [2.24, 2.45) is 0 Å². The highest BCUT2D eigenvalue weighted by Gasteiger charge is 2.17. The van der Waals surface area contributed by atoms with E-state index in [1.54, 1.807) is 0 Å². The summed E-state index contributed by atoms with van der Waals surface area (Å²) in [4.78, 5) is 1.82. The average Bonchev–Trinajstić information content (AvgIpc) is 2.05. The zero-order chi connectivity index (χ0) is 7.40. The second kappa shape index (κ2) is 3.88. The van der Waals surface area contributed by atoms with Crippen LogP contribution in [0.4, 0.5) is 4.39 Å². The Morgan fingerprint density at radius 2 is 2.10 bits per heavy atom. The summed E-state index contributed by atoms with van der Waals surface area (Å²) >= 11 is 0. The first-order valence-electron chi connectivity index (χ1n) is 3.80. The minimum atomic E-state index is -0.760. The number of alkyl halides is 1. The number of hydrogen-bond acceptors (Lipinski definition) is 2. The molecule has 1 unspecified atom stereocenters. The zero-order valence-electron chi connectivity index (χ0n) is 6.35. The van der Waals surface area contributed by atoms with Crippen LogP contribution in [0.2, 0.25) is 0 Å². The fourth-order valence-electron chi connectivity index (χ4n) is 1.12. The van der Waals surface area contributed by atoms with E-state index in [0.29, 0.717) is 19.6 Å². The van der Waals surface area contributed by atoms with E-state index in [2.05, 4.69) is 0 Å². The molecular formula is C7H14FNO. The Morgan fingerprint density at radius 3 is 2.60 bits per heavy atom. The lowest BCUT2D eigenvalue weighted by Gasteiger charge is -2.28. The highest BCUT2D eigenvalue weighted by molar-refractivity contribution is 4.63. The topological polar surface area (TPSA) is 12.5 Å². The van der Waals surface area contributed by atoms with Gasteiger partial charge in [0.05, 0.1) is 13.2 Å². The molecule has 0 aliphatic carbocycles. The van der Waals surface area contributed by atoms with Crippen molar-refractivity contribution in [1.29, 1.82) is 0 Å². The molecule has 0 aromatic heterocycles. The van der Waals surface area contributed by atoms with E-state index in [4.69, 9.17) is 4.74 Å². The molecule has 0 N–H and O–H groups in total. The molecule has 0 bridgehead atoms. The maximum absolute atomic E-state index is 12.9. The van der Waals surface area contributed by atoms with E-state index < -0.39 is 6.30 Å². The van der Waals surface area contributed by atoms with Gasteiger partial charge in [0.15, 0.2) is 6.30 Å². The lowest BCUT2D eigenvalue weighted by atomic mass is 10.3. The molecule has 1 rings (SSSR count). The van der Waals surface area contributed by atoms with Crippen molar-refractivity contribution in [1.82, 2.24) is 4.90 Å². The first kappa shape index (κ1) is 7.95. The predicted octanol–water partition coefficient (Wildman–Crippen LogP) is 1.02. The minimum absolute atomic E-state index is 0.583. The third-order valence-electron chi connectivity index (χ3n) is 1.78. The molecule has 2 nitrogen and oxygen atoms in total. The highest BCUT2D eigenvalue weighted by Crippen LogP contribution is 2.07. The van der Waals surface area contributed by atoms with Crippen molar-refractivity contribution in [2.75, 3.05) is 26.3 Å². The Labute approximate surface area is 61.0 Å². The van der Waals surface area contributed by atoms with Gasteiger partial charge in [0, 0.05) is 13.1 Å². The van der Waals surface area contributed by atoms with Crippen molar-refractivity contribution in [3.8, 4) is 0 Å². The number of halogens is 1. The first-order valence-corrected chi connectivity index (χ1v) is 3.80. The van der Waals surface area contributed by atoms with Gasteiger partial charge in [-0.15, -0.1) is 0 Å². The summed E-state index contributed by atoms with van der Waals surface area (Å²) in [6.07, 6.45) is -0.177. The molecule has 60 valence electrons. The Bertz CT molecular complexity index is 93.6. The standard InChI is InChI=1S/C7H14FNO/c1-2-7(8)9-3-5-10-6-4-9/h7H,2-6H2,1H3. The van der Waals surface area contributed by atoms with E-state index in [1.165, 1.54) is 0 Å². The van der Waals surface area contributed by atoms with Crippen LogP contribution in [0.15, 0.2) is 0 Å². The minimum Gasteiger partial charge on any atom is -0.379 e. The molecule has 1 heterocycles. The summed E-state index contributed by atoms with van der Waals surface area (Å²) in [6, 6.07) is 0. The van der Waals surface area contributed by atoms with Gasteiger partial charge in [-0.2, -0.15) is 0 Å². The normalized spacial score (nSPS) is 24.6. The predicted molar refractivity (Wildman–Crippen MR) is 37.6 cm³/mol. The van der Waals surface area contributed by atoms with Crippen LogP contribution < -0.4 is 0 Å². The maximum atomic E-state index is 12.9. The zero-order valence-corrected chi connectivity index (χ0v) is 6.35. The van der Waals surface area contributed by atoms with E-state index in [1.807, 2.05) is 11.8 Å². The molecule has 1 aliphatic rings. The molecule has 0 aromatic rings. The van der Waals surface area contributed by atoms with Crippen LogP contribution in [-0.4, -0.2) is 37.5 Å². The SMILES string of the molecule is CCC(F)N1CCOCC1. The van der Waals surface area contributed by atoms with Crippen molar-refractivity contribution in [3.05, 3.63) is 0 Å². The van der Waals surface area contributed by atoms with E-state index in [0.717, 1.165) is 13.1 Å². The monoisotopic (exact) mass is 147 g/mol. The van der Waals surface area contributed by atoms with Crippen LogP contribution in [-0.2, 0) is 4.74 Å². The fraction of sp³-hybridized carbons (Fsp3) is 1.00. The molecule has 10 heavy (non-hydrogen) atoms. The van der Waals surface area contributed by atoms with Crippen molar-refractivity contribution in [3.63, 3.8) is 0 Å². The summed E-state index contributed by atoms with van der Waals surface area (Å²) in [6.45, 7) is 4.71. The van der Waals surface area contributed by atoms with Crippen molar-refractivity contribution in [2.45, 2.75) is 19.6 Å².